The Kier molecular flexibility index (Phi) is 24.9. The number of carbonyl (C=O) groups is 5. The maximum absolute atomic E-state index is 13.3. The molecule has 2 aromatic rings. The first-order chi connectivity index (χ1) is 30.1. The summed E-state index contributed by atoms with van der Waals surface area (Å²) in [6.07, 6.45) is -7.00. The largest absolute Gasteiger partial charge is 0.471 e. The van der Waals surface area contributed by atoms with E-state index in [1.54, 1.807) is 69.1 Å². The first-order valence-electron chi connectivity index (χ1n) is 21.7. The second kappa shape index (κ2) is 27.7. The quantitative estimate of drug-likeness (QED) is 0.127. The summed E-state index contributed by atoms with van der Waals surface area (Å²) in [5.41, 5.74) is 7.62. The standard InChI is InChI=1S/C24H35F3N4O3.C20H28F3N3O2.C2H4.ClH/c1-16(2)20(29-21(32)17(3)28-4)22(33)31-13-8-11-19(31)15-30(23(34)24(25,26)27)14-12-18-9-6-5-7-10-18;1-14(2)17(24)18(27)26-11-6-9-16(26)13-25(19(28)20(21,22)23)12-10-15-7-4-3-5-8-15;1-2;/h5-7,9-10,16-17,19-20,28H,8,11-15H2,1-4H3,(H,29,32);3-5,7-8,14,16-17H,6,9-13,24H2,1-2H3;1-2H2;1H/t17-,19-,20-;16-,17-;;/m00../s1. The molecule has 0 bridgehead atoms. The molecule has 0 spiro atoms. The molecule has 2 saturated heterocycles. The lowest BCUT2D eigenvalue weighted by atomic mass is 10.0. The monoisotopic (exact) mass is 947 g/mol. The molecule has 4 N–H and O–H groups in total. The van der Waals surface area contributed by atoms with Crippen LogP contribution in [0.1, 0.15) is 71.4 Å². The van der Waals surface area contributed by atoms with E-state index in [1.165, 1.54) is 4.90 Å². The fourth-order valence-corrected chi connectivity index (χ4v) is 7.45. The van der Waals surface area contributed by atoms with Crippen molar-refractivity contribution in [1.29, 1.82) is 0 Å². The minimum absolute atomic E-state index is 0. The van der Waals surface area contributed by atoms with Crippen LogP contribution in [0.5, 0.6) is 0 Å². The van der Waals surface area contributed by atoms with Crippen LogP contribution in [0.25, 0.3) is 0 Å². The van der Waals surface area contributed by atoms with Crippen molar-refractivity contribution >= 4 is 41.9 Å². The van der Waals surface area contributed by atoms with Gasteiger partial charge in [0.25, 0.3) is 0 Å². The number of benzene rings is 2. The Morgan fingerprint density at radius 1 is 0.692 bits per heavy atom. The van der Waals surface area contributed by atoms with Crippen LogP contribution in [0.15, 0.2) is 73.8 Å². The first kappa shape index (κ1) is 58.3. The summed E-state index contributed by atoms with van der Waals surface area (Å²) >= 11 is 0. The van der Waals surface area contributed by atoms with Crippen LogP contribution in [0.4, 0.5) is 26.3 Å². The van der Waals surface area contributed by atoms with E-state index >= 15 is 0 Å². The molecule has 19 heteroatoms. The van der Waals surface area contributed by atoms with Gasteiger partial charge in [0.05, 0.1) is 12.1 Å². The van der Waals surface area contributed by atoms with Gasteiger partial charge in [0.2, 0.25) is 17.7 Å². The molecule has 0 aromatic heterocycles. The number of hydrogen-bond donors (Lipinski definition) is 3. The molecule has 12 nitrogen and oxygen atoms in total. The average molecular weight is 949 g/mol. The van der Waals surface area contributed by atoms with Crippen molar-refractivity contribution in [2.24, 2.45) is 17.6 Å². The summed E-state index contributed by atoms with van der Waals surface area (Å²) in [6, 6.07) is 15.0. The Morgan fingerprint density at radius 2 is 1.08 bits per heavy atom. The smallest absolute Gasteiger partial charge is 0.343 e. The minimum Gasteiger partial charge on any atom is -0.343 e. The molecule has 0 radical (unpaired) electrons. The summed E-state index contributed by atoms with van der Waals surface area (Å²) in [5, 5.41) is 5.58. The van der Waals surface area contributed by atoms with Gasteiger partial charge in [0.15, 0.2) is 0 Å². The normalized spacial score (nSPS) is 17.4. The van der Waals surface area contributed by atoms with Gasteiger partial charge in [-0.05, 0) is 75.5 Å². The molecule has 5 atom stereocenters. The second-order valence-corrected chi connectivity index (χ2v) is 16.6. The lowest BCUT2D eigenvalue weighted by Gasteiger charge is -2.34. The van der Waals surface area contributed by atoms with Gasteiger partial charge in [0.1, 0.15) is 6.04 Å². The molecule has 2 aliphatic heterocycles. The van der Waals surface area contributed by atoms with E-state index < -0.39 is 54.4 Å². The van der Waals surface area contributed by atoms with Crippen molar-refractivity contribution in [3.05, 3.63) is 84.9 Å². The van der Waals surface area contributed by atoms with Crippen molar-refractivity contribution in [3.63, 3.8) is 0 Å². The zero-order valence-electron chi connectivity index (χ0n) is 38.3. The van der Waals surface area contributed by atoms with Crippen molar-refractivity contribution in [1.82, 2.24) is 30.2 Å². The minimum atomic E-state index is -5.00. The molecular formula is C46H68ClF6N7O5. The highest BCUT2D eigenvalue weighted by molar-refractivity contribution is 5.90. The molecule has 0 unspecified atom stereocenters. The van der Waals surface area contributed by atoms with E-state index in [4.69, 9.17) is 5.73 Å². The van der Waals surface area contributed by atoms with Gasteiger partial charge in [-0.2, -0.15) is 26.3 Å². The highest BCUT2D eigenvalue weighted by Gasteiger charge is 2.46. The Morgan fingerprint density at radius 3 is 1.42 bits per heavy atom. The van der Waals surface area contributed by atoms with E-state index in [0.717, 1.165) is 20.9 Å². The van der Waals surface area contributed by atoms with Gasteiger partial charge >= 0.3 is 24.2 Å². The summed E-state index contributed by atoms with van der Waals surface area (Å²) in [7, 11) is 1.63. The molecule has 2 aromatic carbocycles. The van der Waals surface area contributed by atoms with Gasteiger partial charge in [-0.3, -0.25) is 24.0 Å². The molecule has 4 rings (SSSR count). The highest BCUT2D eigenvalue weighted by Crippen LogP contribution is 2.26. The lowest BCUT2D eigenvalue weighted by molar-refractivity contribution is -0.186. The number of nitrogens with two attached hydrogens (primary N) is 1. The fourth-order valence-electron chi connectivity index (χ4n) is 7.45. The van der Waals surface area contributed by atoms with E-state index in [2.05, 4.69) is 23.8 Å². The Balaban J connectivity index is 0.000000627. The Labute approximate surface area is 386 Å². The summed E-state index contributed by atoms with van der Waals surface area (Å²) in [6.45, 7) is 15.2. The van der Waals surface area contributed by atoms with E-state index in [0.29, 0.717) is 45.2 Å². The number of alkyl halides is 6. The van der Waals surface area contributed by atoms with Crippen LogP contribution in [0.3, 0.4) is 0 Å². The van der Waals surface area contributed by atoms with Crippen LogP contribution >= 0.6 is 12.4 Å². The lowest BCUT2D eigenvalue weighted by Crippen LogP contribution is -2.57. The van der Waals surface area contributed by atoms with Crippen LogP contribution in [0.2, 0.25) is 0 Å². The molecule has 0 saturated carbocycles. The summed E-state index contributed by atoms with van der Waals surface area (Å²) in [5.74, 6) is -4.98. The number of halogens is 7. The third-order valence-corrected chi connectivity index (χ3v) is 11.3. The summed E-state index contributed by atoms with van der Waals surface area (Å²) < 4.78 is 79.2. The third kappa shape index (κ3) is 18.3. The topological polar surface area (TPSA) is 148 Å². The predicted octanol–water partition coefficient (Wildman–Crippen LogP) is 6.18. The number of hydrogen-bond acceptors (Lipinski definition) is 7. The van der Waals surface area contributed by atoms with Crippen molar-refractivity contribution in [2.45, 2.75) is 116 Å². The van der Waals surface area contributed by atoms with Crippen molar-refractivity contribution < 1.29 is 50.3 Å². The number of amides is 5. The molecule has 366 valence electrons. The molecule has 5 amide bonds. The van der Waals surface area contributed by atoms with Gasteiger partial charge in [0, 0.05) is 51.4 Å². The number of carbonyl (C=O) groups excluding carboxylic acids is 5. The SMILES string of the molecule is C=C.CC(C)[C@H](N)C(=O)N1CCC[C@H]1CN(CCc1ccccc1)C(=O)C(F)(F)F.CN[C@@H](C)C(=O)N[C@H](C(=O)N1CCC[C@H]1CN(CCc1ccccc1)C(=O)C(F)(F)F)C(C)C.Cl. The van der Waals surface area contributed by atoms with Crippen molar-refractivity contribution in [2.75, 3.05) is 46.3 Å². The molecule has 2 fully saturated rings. The number of nitrogens with zero attached hydrogens (tertiary/aromatic N) is 4. The third-order valence-electron chi connectivity index (χ3n) is 11.3. The zero-order chi connectivity index (χ0) is 48.4. The zero-order valence-corrected chi connectivity index (χ0v) is 39.1. The van der Waals surface area contributed by atoms with E-state index in [-0.39, 0.29) is 74.6 Å². The van der Waals surface area contributed by atoms with Crippen LogP contribution in [-0.4, -0.2) is 138 Å². The van der Waals surface area contributed by atoms with E-state index in [9.17, 15) is 50.3 Å². The number of nitrogens with one attached hydrogen (secondary N) is 2. The maximum atomic E-state index is 13.3. The molecule has 0 aliphatic carbocycles. The van der Waals surface area contributed by atoms with Crippen molar-refractivity contribution in [3.8, 4) is 0 Å². The van der Waals surface area contributed by atoms with Gasteiger partial charge < -0.3 is 36.0 Å². The van der Waals surface area contributed by atoms with Crippen LogP contribution < -0.4 is 16.4 Å². The second-order valence-electron chi connectivity index (χ2n) is 16.6. The molecular weight excluding hydrogens is 880 g/mol. The van der Waals surface area contributed by atoms with Gasteiger partial charge in [-0.25, -0.2) is 0 Å². The summed E-state index contributed by atoms with van der Waals surface area (Å²) in [4.78, 5) is 67.1. The maximum Gasteiger partial charge on any atom is 0.471 e. The van der Waals surface area contributed by atoms with Crippen LogP contribution in [-0.2, 0) is 36.8 Å². The Hall–Kier alpha value is -4.68. The first-order valence-corrected chi connectivity index (χ1v) is 21.7. The van der Waals surface area contributed by atoms with Gasteiger partial charge in [-0.15, -0.1) is 25.6 Å². The molecule has 2 aliphatic rings. The van der Waals surface area contributed by atoms with E-state index in [1.807, 2.05) is 38.1 Å². The number of likely N-dealkylation sites (N-methyl/N-ethyl adjacent to an activating group) is 1. The number of rotatable bonds is 17. The van der Waals surface area contributed by atoms with Crippen LogP contribution in [0, 0.1) is 11.8 Å². The Bertz CT molecular complexity index is 1770. The molecule has 65 heavy (non-hydrogen) atoms. The van der Waals surface area contributed by atoms with Gasteiger partial charge in [-0.1, -0.05) is 88.4 Å². The average Bonchev–Trinajstić information content (AvgIpc) is 3.94. The highest BCUT2D eigenvalue weighted by atomic mass is 35.5. The predicted molar refractivity (Wildman–Crippen MR) is 242 cm³/mol. The fraction of sp³-hybridized carbons (Fsp3) is 0.587. The molecule has 2 heterocycles. The number of likely N-dealkylation sites (tertiary alicyclic amines) is 2.